The molecule has 1 saturated heterocycles. The predicted octanol–water partition coefficient (Wildman–Crippen LogP) is 2.59. The number of pyridine rings is 1. The summed E-state index contributed by atoms with van der Waals surface area (Å²) in [5.74, 6) is -0.275. The molecule has 2 heterocycles. The lowest BCUT2D eigenvalue weighted by atomic mass is 10.2. The average Bonchev–Trinajstić information content (AvgIpc) is 3.16. The minimum atomic E-state index is -0.185. The first-order valence-corrected chi connectivity index (χ1v) is 8.21. The molecule has 3 rings (SSSR count). The highest BCUT2D eigenvalue weighted by Crippen LogP contribution is 2.13. The van der Waals surface area contributed by atoms with Crippen LogP contribution >= 0.6 is 0 Å². The van der Waals surface area contributed by atoms with Gasteiger partial charge in [-0.1, -0.05) is 36.4 Å². The second-order valence-corrected chi connectivity index (χ2v) is 6.05. The Morgan fingerprint density at radius 3 is 2.38 bits per heavy atom. The van der Waals surface area contributed by atoms with E-state index in [4.69, 9.17) is 0 Å². The van der Waals surface area contributed by atoms with Gasteiger partial charge in [0.1, 0.15) is 11.4 Å². The molecule has 24 heavy (non-hydrogen) atoms. The van der Waals surface area contributed by atoms with Crippen molar-refractivity contribution in [3.8, 4) is 0 Å². The Kier molecular flexibility index (Phi) is 4.89. The number of hydrogen-bond donors (Lipinski definition) is 0. The van der Waals surface area contributed by atoms with Crippen LogP contribution in [0, 0.1) is 0 Å². The lowest BCUT2D eigenvalue weighted by Crippen LogP contribution is -2.30. The molecule has 2 amide bonds. The van der Waals surface area contributed by atoms with Crippen molar-refractivity contribution in [2.75, 3.05) is 20.1 Å². The number of carbonyl (C=O) groups is 2. The molecule has 0 spiro atoms. The van der Waals surface area contributed by atoms with Crippen LogP contribution in [0.25, 0.3) is 0 Å². The zero-order valence-corrected chi connectivity index (χ0v) is 13.8. The third kappa shape index (κ3) is 3.62. The van der Waals surface area contributed by atoms with E-state index in [-0.39, 0.29) is 11.8 Å². The summed E-state index contributed by atoms with van der Waals surface area (Å²) in [6.07, 6.45) is 2.06. The van der Waals surface area contributed by atoms with Crippen molar-refractivity contribution in [1.82, 2.24) is 14.8 Å². The standard InChI is InChI=1S/C19H21N3O2/c1-21(14-15-8-3-2-4-9-15)18(23)16-10-7-11-17(20-16)19(24)22-12-5-6-13-22/h2-4,7-11H,5-6,12-14H2,1H3. The van der Waals surface area contributed by atoms with Gasteiger partial charge in [0.25, 0.3) is 11.8 Å². The highest BCUT2D eigenvalue weighted by molar-refractivity contribution is 5.96. The van der Waals surface area contributed by atoms with Crippen molar-refractivity contribution in [3.05, 3.63) is 65.5 Å². The van der Waals surface area contributed by atoms with Crippen LogP contribution in [0.5, 0.6) is 0 Å². The van der Waals surface area contributed by atoms with Crippen molar-refractivity contribution in [2.45, 2.75) is 19.4 Å². The van der Waals surface area contributed by atoms with Crippen LogP contribution in [0.1, 0.15) is 39.4 Å². The Labute approximate surface area is 141 Å². The third-order valence-electron chi connectivity index (χ3n) is 4.19. The highest BCUT2D eigenvalue weighted by Gasteiger charge is 2.22. The molecule has 0 saturated carbocycles. The lowest BCUT2D eigenvalue weighted by molar-refractivity contribution is 0.0775. The number of hydrogen-bond acceptors (Lipinski definition) is 3. The largest absolute Gasteiger partial charge is 0.337 e. The zero-order valence-electron chi connectivity index (χ0n) is 13.8. The van der Waals surface area contributed by atoms with E-state index in [1.54, 1.807) is 35.0 Å². The number of benzene rings is 1. The first-order valence-electron chi connectivity index (χ1n) is 8.21. The lowest BCUT2D eigenvalue weighted by Gasteiger charge is -2.18. The number of nitrogens with zero attached hydrogens (tertiary/aromatic N) is 3. The van der Waals surface area contributed by atoms with Crippen LogP contribution in [0.15, 0.2) is 48.5 Å². The maximum atomic E-state index is 12.6. The Bertz CT molecular complexity index is 724. The molecular formula is C19H21N3O2. The Morgan fingerprint density at radius 2 is 1.67 bits per heavy atom. The molecule has 5 nitrogen and oxygen atoms in total. The topological polar surface area (TPSA) is 53.5 Å². The molecular weight excluding hydrogens is 302 g/mol. The maximum absolute atomic E-state index is 12.6. The van der Waals surface area contributed by atoms with Crippen molar-refractivity contribution >= 4 is 11.8 Å². The SMILES string of the molecule is CN(Cc1ccccc1)C(=O)c1cccc(C(=O)N2CCCC2)n1. The van der Waals surface area contributed by atoms with Crippen LogP contribution in [0.2, 0.25) is 0 Å². The van der Waals surface area contributed by atoms with Gasteiger partial charge in [0.2, 0.25) is 0 Å². The Hall–Kier alpha value is -2.69. The molecule has 1 aromatic carbocycles. The molecule has 0 unspecified atom stereocenters. The molecule has 1 aromatic heterocycles. The van der Waals surface area contributed by atoms with E-state index in [0.29, 0.717) is 17.9 Å². The Balaban J connectivity index is 1.72. The monoisotopic (exact) mass is 323 g/mol. The minimum absolute atomic E-state index is 0.0899. The summed E-state index contributed by atoms with van der Waals surface area (Å²) in [7, 11) is 1.74. The summed E-state index contributed by atoms with van der Waals surface area (Å²) >= 11 is 0. The molecule has 5 heteroatoms. The number of carbonyl (C=O) groups excluding carboxylic acids is 2. The zero-order chi connectivity index (χ0) is 16.9. The van der Waals surface area contributed by atoms with Crippen LogP contribution in [-0.4, -0.2) is 46.7 Å². The molecule has 1 aliphatic heterocycles. The summed E-state index contributed by atoms with van der Waals surface area (Å²) in [4.78, 5) is 32.7. The fourth-order valence-electron chi connectivity index (χ4n) is 2.88. The normalized spacial score (nSPS) is 13.8. The van der Waals surface area contributed by atoms with Gasteiger partial charge in [0.05, 0.1) is 0 Å². The number of likely N-dealkylation sites (tertiary alicyclic amines) is 1. The summed E-state index contributed by atoms with van der Waals surface area (Å²) < 4.78 is 0. The van der Waals surface area contributed by atoms with Gasteiger partial charge in [-0.15, -0.1) is 0 Å². The molecule has 0 N–H and O–H groups in total. The van der Waals surface area contributed by atoms with Crippen molar-refractivity contribution in [2.24, 2.45) is 0 Å². The summed E-state index contributed by atoms with van der Waals surface area (Å²) in [6, 6.07) is 14.8. The van der Waals surface area contributed by atoms with Gasteiger partial charge in [-0.3, -0.25) is 9.59 Å². The summed E-state index contributed by atoms with van der Waals surface area (Å²) in [5, 5.41) is 0. The third-order valence-corrected chi connectivity index (χ3v) is 4.19. The first kappa shape index (κ1) is 16.2. The van der Waals surface area contributed by atoms with E-state index in [1.807, 2.05) is 30.3 Å². The van der Waals surface area contributed by atoms with Crippen LogP contribution in [0.4, 0.5) is 0 Å². The Morgan fingerprint density at radius 1 is 1.00 bits per heavy atom. The molecule has 0 atom stereocenters. The van der Waals surface area contributed by atoms with Crippen molar-refractivity contribution in [3.63, 3.8) is 0 Å². The van der Waals surface area contributed by atoms with Gasteiger partial charge in [0, 0.05) is 26.7 Å². The van der Waals surface area contributed by atoms with Crippen LogP contribution in [-0.2, 0) is 6.54 Å². The van der Waals surface area contributed by atoms with E-state index >= 15 is 0 Å². The molecule has 2 aromatic rings. The minimum Gasteiger partial charge on any atom is -0.337 e. The molecule has 1 fully saturated rings. The smallest absolute Gasteiger partial charge is 0.272 e. The van der Waals surface area contributed by atoms with Crippen LogP contribution < -0.4 is 0 Å². The average molecular weight is 323 g/mol. The van der Waals surface area contributed by atoms with Crippen LogP contribution in [0.3, 0.4) is 0 Å². The predicted molar refractivity (Wildman–Crippen MR) is 91.6 cm³/mol. The van der Waals surface area contributed by atoms with E-state index in [9.17, 15) is 9.59 Å². The van der Waals surface area contributed by atoms with E-state index in [1.165, 1.54) is 0 Å². The van der Waals surface area contributed by atoms with Gasteiger partial charge < -0.3 is 9.80 Å². The van der Waals surface area contributed by atoms with Gasteiger partial charge in [-0.05, 0) is 30.5 Å². The highest BCUT2D eigenvalue weighted by atomic mass is 16.2. The molecule has 0 radical (unpaired) electrons. The van der Waals surface area contributed by atoms with E-state index in [0.717, 1.165) is 31.5 Å². The number of aromatic nitrogens is 1. The van der Waals surface area contributed by atoms with Crippen molar-refractivity contribution < 1.29 is 9.59 Å². The second-order valence-electron chi connectivity index (χ2n) is 6.05. The molecule has 0 aliphatic carbocycles. The number of rotatable bonds is 4. The van der Waals surface area contributed by atoms with E-state index in [2.05, 4.69) is 4.98 Å². The van der Waals surface area contributed by atoms with Crippen molar-refractivity contribution in [1.29, 1.82) is 0 Å². The fourth-order valence-corrected chi connectivity index (χ4v) is 2.88. The number of amides is 2. The quantitative estimate of drug-likeness (QED) is 0.869. The van der Waals surface area contributed by atoms with Gasteiger partial charge in [-0.25, -0.2) is 4.98 Å². The fraction of sp³-hybridized carbons (Fsp3) is 0.316. The van der Waals surface area contributed by atoms with E-state index < -0.39 is 0 Å². The van der Waals surface area contributed by atoms with Gasteiger partial charge in [-0.2, -0.15) is 0 Å². The molecule has 1 aliphatic rings. The first-order chi connectivity index (χ1) is 11.6. The van der Waals surface area contributed by atoms with Gasteiger partial charge in [0.15, 0.2) is 0 Å². The maximum Gasteiger partial charge on any atom is 0.272 e. The summed E-state index contributed by atoms with van der Waals surface area (Å²) in [5.41, 5.74) is 1.70. The summed E-state index contributed by atoms with van der Waals surface area (Å²) in [6.45, 7) is 2.05. The second kappa shape index (κ2) is 7.25. The molecule has 0 bridgehead atoms. The molecule has 124 valence electrons. The van der Waals surface area contributed by atoms with Gasteiger partial charge >= 0.3 is 0 Å².